The molecule has 0 aromatic carbocycles. The molecule has 1 aliphatic rings. The van der Waals surface area contributed by atoms with Crippen LogP contribution in [0.5, 0.6) is 0 Å². The molecule has 1 saturated carbocycles. The molecule has 0 spiro atoms. The quantitative estimate of drug-likeness (QED) is 0.378. The van der Waals surface area contributed by atoms with E-state index in [0.29, 0.717) is 0 Å². The van der Waals surface area contributed by atoms with E-state index in [2.05, 4.69) is 13.5 Å². The topological polar surface area (TPSA) is 0 Å². The average Bonchev–Trinajstić information content (AvgIpc) is 1.79. The first-order valence-electron chi connectivity index (χ1n) is 1.98. The summed E-state index contributed by atoms with van der Waals surface area (Å²) in [5.41, 5.74) is 1.42. The SMILES string of the molecule is C=C1CC1C. The van der Waals surface area contributed by atoms with E-state index in [1.54, 1.807) is 0 Å². The third-order valence-corrected chi connectivity index (χ3v) is 1.11. The molecule has 1 fully saturated rings. The maximum absolute atomic E-state index is 3.75. The summed E-state index contributed by atoms with van der Waals surface area (Å²) in [6.07, 6.45) is 1.28. The minimum absolute atomic E-state index is 0.856. The van der Waals surface area contributed by atoms with Gasteiger partial charge in [-0.25, -0.2) is 0 Å². The fourth-order valence-electron chi connectivity index (χ4n) is 0.334. The molecule has 1 atom stereocenters. The summed E-state index contributed by atoms with van der Waals surface area (Å²) in [7, 11) is 0. The van der Waals surface area contributed by atoms with E-state index in [0.717, 1.165) is 5.92 Å². The van der Waals surface area contributed by atoms with Gasteiger partial charge in [0.05, 0.1) is 0 Å². The molecule has 5 heavy (non-hydrogen) atoms. The van der Waals surface area contributed by atoms with Crippen LogP contribution in [0, 0.1) is 5.92 Å². The zero-order valence-electron chi connectivity index (χ0n) is 3.49. The Morgan fingerprint density at radius 2 is 2.20 bits per heavy atom. The third kappa shape index (κ3) is 0.344. The van der Waals surface area contributed by atoms with E-state index in [-0.39, 0.29) is 0 Å². The average molecular weight is 68.1 g/mol. The summed E-state index contributed by atoms with van der Waals surface area (Å²) < 4.78 is 0. The summed E-state index contributed by atoms with van der Waals surface area (Å²) in [5, 5.41) is 0. The van der Waals surface area contributed by atoms with E-state index < -0.39 is 0 Å². The maximum atomic E-state index is 3.75. The van der Waals surface area contributed by atoms with Gasteiger partial charge in [0, 0.05) is 0 Å². The van der Waals surface area contributed by atoms with Gasteiger partial charge in [-0.2, -0.15) is 0 Å². The van der Waals surface area contributed by atoms with E-state index >= 15 is 0 Å². The van der Waals surface area contributed by atoms with Crippen molar-refractivity contribution in [1.29, 1.82) is 0 Å². The largest absolute Gasteiger partial charge is 0.0996 e. The molecule has 0 aliphatic heterocycles. The van der Waals surface area contributed by atoms with Gasteiger partial charge in [0.2, 0.25) is 0 Å². The smallest absolute Gasteiger partial charge is 0.0197 e. The molecule has 28 valence electrons. The van der Waals surface area contributed by atoms with Crippen LogP contribution in [0.4, 0.5) is 0 Å². The lowest BCUT2D eigenvalue weighted by molar-refractivity contribution is 1.02. The summed E-state index contributed by atoms with van der Waals surface area (Å²) in [4.78, 5) is 0. The predicted octanol–water partition coefficient (Wildman–Crippen LogP) is 1.58. The van der Waals surface area contributed by atoms with Crippen molar-refractivity contribution in [1.82, 2.24) is 0 Å². The number of hydrogen-bond donors (Lipinski definition) is 0. The highest BCUT2D eigenvalue weighted by Gasteiger charge is 2.19. The monoisotopic (exact) mass is 68.1 g/mol. The number of hydrogen-bond acceptors (Lipinski definition) is 0. The van der Waals surface area contributed by atoms with Gasteiger partial charge in [-0.1, -0.05) is 19.1 Å². The molecule has 0 N–H and O–H groups in total. The molecule has 0 amide bonds. The molecule has 0 aromatic rings. The minimum Gasteiger partial charge on any atom is -0.0996 e. The van der Waals surface area contributed by atoms with Gasteiger partial charge in [-0.15, -0.1) is 0 Å². The minimum atomic E-state index is 0.856. The summed E-state index contributed by atoms with van der Waals surface area (Å²) in [6.45, 7) is 5.94. The molecule has 0 saturated heterocycles. The Balaban J connectivity index is 2.47. The van der Waals surface area contributed by atoms with Crippen LogP contribution < -0.4 is 0 Å². The highest BCUT2D eigenvalue weighted by atomic mass is 14.2. The van der Waals surface area contributed by atoms with Crippen LogP contribution in [0.3, 0.4) is 0 Å². The van der Waals surface area contributed by atoms with Crippen molar-refractivity contribution in [2.75, 3.05) is 0 Å². The van der Waals surface area contributed by atoms with Crippen LogP contribution >= 0.6 is 0 Å². The van der Waals surface area contributed by atoms with Gasteiger partial charge in [-0.3, -0.25) is 0 Å². The maximum Gasteiger partial charge on any atom is -0.0197 e. The van der Waals surface area contributed by atoms with Crippen LogP contribution in [0.25, 0.3) is 0 Å². The van der Waals surface area contributed by atoms with Crippen LogP contribution in [-0.2, 0) is 0 Å². The molecule has 0 aromatic heterocycles. The standard InChI is InChI=1S/C5H8/c1-4-3-5(4)2/h5H,1,3H2,2H3. The highest BCUT2D eigenvalue weighted by molar-refractivity contribution is 5.16. The first-order chi connectivity index (χ1) is 2.30. The molecule has 1 rings (SSSR count). The van der Waals surface area contributed by atoms with Crippen molar-refractivity contribution in [3.63, 3.8) is 0 Å². The number of allylic oxidation sites excluding steroid dienone is 1. The second kappa shape index (κ2) is 0.618. The molecule has 1 aliphatic carbocycles. The van der Waals surface area contributed by atoms with Crippen LogP contribution in [0.1, 0.15) is 13.3 Å². The molecule has 0 radical (unpaired) electrons. The van der Waals surface area contributed by atoms with Gasteiger partial charge >= 0.3 is 0 Å². The summed E-state index contributed by atoms with van der Waals surface area (Å²) >= 11 is 0. The highest BCUT2D eigenvalue weighted by Crippen LogP contribution is 2.34. The number of rotatable bonds is 0. The fourth-order valence-corrected chi connectivity index (χ4v) is 0.334. The second-order valence-corrected chi connectivity index (χ2v) is 1.76. The van der Waals surface area contributed by atoms with Gasteiger partial charge in [-0.05, 0) is 12.3 Å². The first kappa shape index (κ1) is 2.95. The van der Waals surface area contributed by atoms with Crippen LogP contribution in [-0.4, -0.2) is 0 Å². The zero-order valence-corrected chi connectivity index (χ0v) is 3.49. The lowest BCUT2D eigenvalue weighted by Crippen LogP contribution is -1.46. The Hall–Kier alpha value is -0.260. The molecule has 0 heteroatoms. The van der Waals surface area contributed by atoms with E-state index in [4.69, 9.17) is 0 Å². The third-order valence-electron chi connectivity index (χ3n) is 1.11. The van der Waals surface area contributed by atoms with Gasteiger partial charge < -0.3 is 0 Å². The molecular formula is C5H8. The van der Waals surface area contributed by atoms with Crippen molar-refractivity contribution in [3.05, 3.63) is 12.2 Å². The van der Waals surface area contributed by atoms with Gasteiger partial charge in [0.1, 0.15) is 0 Å². The normalized spacial score (nSPS) is 34.6. The van der Waals surface area contributed by atoms with Gasteiger partial charge in [0.15, 0.2) is 0 Å². The molecular weight excluding hydrogens is 60.1 g/mol. The molecule has 1 unspecified atom stereocenters. The van der Waals surface area contributed by atoms with E-state index in [1.807, 2.05) is 0 Å². The predicted molar refractivity (Wildman–Crippen MR) is 22.9 cm³/mol. The lowest BCUT2D eigenvalue weighted by atomic mass is 10.5. The fraction of sp³-hybridized carbons (Fsp3) is 0.600. The van der Waals surface area contributed by atoms with Crippen molar-refractivity contribution in [3.8, 4) is 0 Å². The van der Waals surface area contributed by atoms with E-state index in [1.165, 1.54) is 12.0 Å². The van der Waals surface area contributed by atoms with Crippen molar-refractivity contribution in [2.45, 2.75) is 13.3 Å². The Morgan fingerprint density at radius 1 is 2.00 bits per heavy atom. The van der Waals surface area contributed by atoms with Crippen LogP contribution in [0.2, 0.25) is 0 Å². The second-order valence-electron chi connectivity index (χ2n) is 1.76. The van der Waals surface area contributed by atoms with Crippen molar-refractivity contribution < 1.29 is 0 Å². The van der Waals surface area contributed by atoms with Crippen molar-refractivity contribution >= 4 is 0 Å². The molecule has 0 bridgehead atoms. The molecule has 0 nitrogen and oxygen atoms in total. The zero-order chi connectivity index (χ0) is 3.86. The van der Waals surface area contributed by atoms with Gasteiger partial charge in [0.25, 0.3) is 0 Å². The Morgan fingerprint density at radius 3 is 2.20 bits per heavy atom. The van der Waals surface area contributed by atoms with Crippen LogP contribution in [0.15, 0.2) is 12.2 Å². The van der Waals surface area contributed by atoms with Crippen molar-refractivity contribution in [2.24, 2.45) is 5.92 Å². The lowest BCUT2D eigenvalue weighted by Gasteiger charge is -1.57. The summed E-state index contributed by atoms with van der Waals surface area (Å²) in [5.74, 6) is 0.856. The molecule has 0 heterocycles. The van der Waals surface area contributed by atoms with E-state index in [9.17, 15) is 0 Å². The summed E-state index contributed by atoms with van der Waals surface area (Å²) in [6, 6.07) is 0. The Kier molecular flexibility index (Phi) is 0.365. The first-order valence-corrected chi connectivity index (χ1v) is 1.98. The Bertz CT molecular complexity index is 62.4. The Labute approximate surface area is 32.5 Å².